The van der Waals surface area contributed by atoms with Crippen LogP contribution in [-0.2, 0) is 16.6 Å². The summed E-state index contributed by atoms with van der Waals surface area (Å²) in [4.78, 5) is 19.5. The topological polar surface area (TPSA) is 101 Å². The Labute approximate surface area is 195 Å². The van der Waals surface area contributed by atoms with E-state index in [1.807, 2.05) is 29.8 Å². The van der Waals surface area contributed by atoms with Crippen LogP contribution in [0.4, 0.5) is 0 Å². The molecule has 0 bridgehead atoms. The van der Waals surface area contributed by atoms with Gasteiger partial charge in [0.15, 0.2) is 4.96 Å². The number of imidazole rings is 1. The molecule has 5 rings (SSSR count). The summed E-state index contributed by atoms with van der Waals surface area (Å²) >= 11 is 1.60. The van der Waals surface area contributed by atoms with Gasteiger partial charge in [0.2, 0.25) is 15.9 Å². The minimum absolute atomic E-state index is 0.170. The highest BCUT2D eigenvalue weighted by Gasteiger charge is 2.29. The van der Waals surface area contributed by atoms with Crippen molar-refractivity contribution in [2.75, 3.05) is 26.2 Å². The molecular formula is C23H23N5O3S2. The van der Waals surface area contributed by atoms with Crippen molar-refractivity contribution in [3.63, 3.8) is 0 Å². The minimum Gasteiger partial charge on any atom is -0.366 e. The Morgan fingerprint density at radius 3 is 2.36 bits per heavy atom. The van der Waals surface area contributed by atoms with Gasteiger partial charge in [-0.1, -0.05) is 30.3 Å². The van der Waals surface area contributed by atoms with Gasteiger partial charge in [-0.05, 0) is 24.3 Å². The Morgan fingerprint density at radius 1 is 1.00 bits per heavy atom. The second kappa shape index (κ2) is 8.71. The van der Waals surface area contributed by atoms with Crippen molar-refractivity contribution >= 4 is 32.2 Å². The maximum Gasteiger partial charge on any atom is 0.248 e. The maximum absolute atomic E-state index is 13.0. The molecule has 2 N–H and O–H groups in total. The van der Waals surface area contributed by atoms with E-state index >= 15 is 0 Å². The lowest BCUT2D eigenvalue weighted by Crippen LogP contribution is -2.48. The van der Waals surface area contributed by atoms with Crippen molar-refractivity contribution < 1.29 is 13.2 Å². The predicted molar refractivity (Wildman–Crippen MR) is 128 cm³/mol. The number of fused-ring (bicyclic) bond motifs is 1. The second-order valence-electron chi connectivity index (χ2n) is 7.90. The normalized spacial score (nSPS) is 15.8. The van der Waals surface area contributed by atoms with E-state index in [9.17, 15) is 13.2 Å². The standard InChI is InChI=1S/C23H23N5O3S2/c24-22(29)18-6-8-19(9-7-18)33(30,31)27-12-10-26(11-13-27)16-20-21(17-4-2-1-3-5-17)25-23-28(20)14-15-32-23/h1-9,14-15H,10-13,16H2,(H2,24,29). The van der Waals surface area contributed by atoms with Crippen LogP contribution >= 0.6 is 11.3 Å². The highest BCUT2D eigenvalue weighted by atomic mass is 32.2. The van der Waals surface area contributed by atoms with Gasteiger partial charge in [0.25, 0.3) is 0 Å². The Hall–Kier alpha value is -3.05. The van der Waals surface area contributed by atoms with Crippen LogP contribution in [0, 0.1) is 0 Å². The van der Waals surface area contributed by atoms with E-state index in [-0.39, 0.29) is 10.5 Å². The number of hydrogen-bond acceptors (Lipinski definition) is 6. The molecule has 1 amide bonds. The third kappa shape index (κ3) is 4.18. The zero-order valence-corrected chi connectivity index (χ0v) is 19.4. The molecule has 2 aromatic heterocycles. The van der Waals surface area contributed by atoms with E-state index in [1.54, 1.807) is 11.3 Å². The van der Waals surface area contributed by atoms with Crippen molar-refractivity contribution in [1.82, 2.24) is 18.6 Å². The van der Waals surface area contributed by atoms with Gasteiger partial charge in [0, 0.05) is 55.4 Å². The first-order chi connectivity index (χ1) is 15.9. The van der Waals surface area contributed by atoms with E-state index in [4.69, 9.17) is 10.7 Å². The number of nitrogens with two attached hydrogens (primary N) is 1. The van der Waals surface area contributed by atoms with Gasteiger partial charge >= 0.3 is 0 Å². The number of sulfonamides is 1. The van der Waals surface area contributed by atoms with Crippen LogP contribution in [0.15, 0.2) is 71.1 Å². The van der Waals surface area contributed by atoms with Crippen molar-refractivity contribution in [3.8, 4) is 11.3 Å². The van der Waals surface area contributed by atoms with Crippen LogP contribution in [0.1, 0.15) is 16.1 Å². The summed E-state index contributed by atoms with van der Waals surface area (Å²) in [5, 5.41) is 2.02. The van der Waals surface area contributed by atoms with Crippen LogP contribution in [0.2, 0.25) is 0 Å². The van der Waals surface area contributed by atoms with Gasteiger partial charge in [-0.15, -0.1) is 11.3 Å². The predicted octanol–water partition coefficient (Wildman–Crippen LogP) is 2.67. The first-order valence-corrected chi connectivity index (χ1v) is 12.9. The SMILES string of the molecule is NC(=O)c1ccc(S(=O)(=O)N2CCN(Cc3c(-c4ccccc4)nc4sccn34)CC2)cc1. The molecule has 170 valence electrons. The fourth-order valence-electron chi connectivity index (χ4n) is 4.09. The number of carbonyl (C=O) groups excluding carboxylic acids is 1. The third-order valence-corrected chi connectivity index (χ3v) is 8.56. The summed E-state index contributed by atoms with van der Waals surface area (Å²) in [5.74, 6) is -0.581. The Morgan fingerprint density at radius 2 is 1.70 bits per heavy atom. The molecule has 3 heterocycles. The molecule has 8 nitrogen and oxygen atoms in total. The van der Waals surface area contributed by atoms with Crippen LogP contribution in [0.5, 0.6) is 0 Å². The van der Waals surface area contributed by atoms with Gasteiger partial charge < -0.3 is 5.73 Å². The van der Waals surface area contributed by atoms with Crippen LogP contribution in [0.3, 0.4) is 0 Å². The Kier molecular flexibility index (Phi) is 5.75. The maximum atomic E-state index is 13.0. The summed E-state index contributed by atoms with van der Waals surface area (Å²) in [6, 6.07) is 15.9. The number of nitrogens with zero attached hydrogens (tertiary/aromatic N) is 4. The van der Waals surface area contributed by atoms with E-state index in [0.29, 0.717) is 32.7 Å². The lowest BCUT2D eigenvalue weighted by Gasteiger charge is -2.34. The molecule has 0 spiro atoms. The smallest absolute Gasteiger partial charge is 0.248 e. The molecule has 1 saturated heterocycles. The quantitative estimate of drug-likeness (QED) is 0.456. The first kappa shape index (κ1) is 21.8. The summed E-state index contributed by atoms with van der Waals surface area (Å²) in [7, 11) is -3.63. The van der Waals surface area contributed by atoms with Gasteiger partial charge in [0.05, 0.1) is 16.3 Å². The van der Waals surface area contributed by atoms with Crippen LogP contribution in [0.25, 0.3) is 16.2 Å². The number of aromatic nitrogens is 2. The number of primary amides is 1. The van der Waals surface area contributed by atoms with E-state index in [1.165, 1.54) is 28.6 Å². The minimum atomic E-state index is -3.63. The zero-order chi connectivity index (χ0) is 23.0. The molecule has 1 aliphatic rings. The summed E-state index contributed by atoms with van der Waals surface area (Å²) in [5.41, 5.74) is 8.68. The lowest BCUT2D eigenvalue weighted by molar-refractivity contribution is 0.1000. The van der Waals surface area contributed by atoms with Crippen LogP contribution < -0.4 is 5.73 Å². The molecule has 2 aromatic carbocycles. The number of amides is 1. The molecule has 1 aliphatic heterocycles. The fraction of sp³-hybridized carbons (Fsp3) is 0.217. The number of benzene rings is 2. The van der Waals surface area contributed by atoms with Crippen molar-refractivity contribution in [3.05, 3.63) is 77.4 Å². The van der Waals surface area contributed by atoms with E-state index in [0.717, 1.165) is 21.9 Å². The average molecular weight is 482 g/mol. The number of hydrogen-bond donors (Lipinski definition) is 1. The van der Waals surface area contributed by atoms with E-state index in [2.05, 4.69) is 21.4 Å². The molecule has 0 saturated carbocycles. The second-order valence-corrected chi connectivity index (χ2v) is 10.7. The number of thiazole rings is 1. The molecular weight excluding hydrogens is 458 g/mol. The van der Waals surface area contributed by atoms with Gasteiger partial charge in [-0.25, -0.2) is 13.4 Å². The third-order valence-electron chi connectivity index (χ3n) is 5.89. The molecule has 33 heavy (non-hydrogen) atoms. The van der Waals surface area contributed by atoms with Crippen molar-refractivity contribution in [2.24, 2.45) is 5.73 Å². The molecule has 0 radical (unpaired) electrons. The molecule has 0 unspecified atom stereocenters. The van der Waals surface area contributed by atoms with Crippen LogP contribution in [-0.4, -0.2) is 59.1 Å². The van der Waals surface area contributed by atoms with Gasteiger partial charge in [0.1, 0.15) is 0 Å². The van der Waals surface area contributed by atoms with Crippen molar-refractivity contribution in [1.29, 1.82) is 0 Å². The number of carbonyl (C=O) groups is 1. The lowest BCUT2D eigenvalue weighted by atomic mass is 10.1. The summed E-state index contributed by atoms with van der Waals surface area (Å²) < 4.78 is 29.7. The Balaban J connectivity index is 1.32. The van der Waals surface area contributed by atoms with E-state index < -0.39 is 15.9 Å². The molecule has 10 heteroatoms. The van der Waals surface area contributed by atoms with Crippen molar-refractivity contribution in [2.45, 2.75) is 11.4 Å². The average Bonchev–Trinajstić information content (AvgIpc) is 3.43. The fourth-order valence-corrected chi connectivity index (χ4v) is 6.25. The van der Waals surface area contributed by atoms with Gasteiger partial charge in [-0.3, -0.25) is 14.1 Å². The highest BCUT2D eigenvalue weighted by Crippen LogP contribution is 2.28. The Bertz CT molecular complexity index is 1390. The molecule has 0 atom stereocenters. The monoisotopic (exact) mass is 481 g/mol. The molecule has 1 fully saturated rings. The first-order valence-electron chi connectivity index (χ1n) is 10.6. The summed E-state index contributed by atoms with van der Waals surface area (Å²) in [6.45, 7) is 2.70. The number of piperazine rings is 1. The van der Waals surface area contributed by atoms with Gasteiger partial charge in [-0.2, -0.15) is 4.31 Å². The largest absolute Gasteiger partial charge is 0.366 e. The molecule has 4 aromatic rings. The molecule has 0 aliphatic carbocycles. The zero-order valence-electron chi connectivity index (χ0n) is 17.8. The summed E-state index contributed by atoms with van der Waals surface area (Å²) in [6.07, 6.45) is 2.03. The number of rotatable bonds is 6. The highest BCUT2D eigenvalue weighted by molar-refractivity contribution is 7.89.